The van der Waals surface area contributed by atoms with Crippen LogP contribution in [0.2, 0.25) is 6.32 Å². The van der Waals surface area contributed by atoms with E-state index in [1.54, 1.807) is 0 Å². The topological polar surface area (TPSA) is 26.0 Å². The maximum Gasteiger partial charge on any atom is 0.0677 e. The van der Waals surface area contributed by atoms with E-state index in [1.807, 2.05) is 13.8 Å². The van der Waals surface area contributed by atoms with Gasteiger partial charge in [-0.1, -0.05) is 6.32 Å². The van der Waals surface area contributed by atoms with Crippen LogP contribution in [0.25, 0.3) is 0 Å². The summed E-state index contributed by atoms with van der Waals surface area (Å²) in [5, 5.41) is 0. The van der Waals surface area contributed by atoms with Crippen molar-refractivity contribution in [1.29, 1.82) is 0 Å². The lowest BCUT2D eigenvalue weighted by Crippen LogP contribution is -2.30. The summed E-state index contributed by atoms with van der Waals surface area (Å²) in [6.45, 7) is 3.79. The molecule has 2 radical (unpaired) electrons. The van der Waals surface area contributed by atoms with Crippen LogP contribution in [0.4, 0.5) is 0 Å². The molecule has 0 aliphatic heterocycles. The Kier molecular flexibility index (Phi) is 1.66. The Balaban J connectivity index is 3.17. The second-order valence-corrected chi connectivity index (χ2v) is 2.19. The summed E-state index contributed by atoms with van der Waals surface area (Å²) in [5.41, 5.74) is 5.23. The maximum atomic E-state index is 5.41. The van der Waals surface area contributed by atoms with Crippen LogP contribution >= 0.6 is 0 Å². The van der Waals surface area contributed by atoms with Crippen molar-refractivity contribution in [2.45, 2.75) is 25.7 Å². The van der Waals surface area contributed by atoms with Gasteiger partial charge in [0.2, 0.25) is 0 Å². The lowest BCUT2D eigenvalue weighted by Gasteiger charge is -2.13. The average molecular weight is 82.9 g/mol. The Labute approximate surface area is 40.3 Å². The van der Waals surface area contributed by atoms with Crippen LogP contribution in [0.5, 0.6) is 0 Å². The molecule has 0 heterocycles. The van der Waals surface area contributed by atoms with Crippen molar-refractivity contribution in [3.63, 3.8) is 0 Å². The molecule has 2 N–H and O–H groups in total. The van der Waals surface area contributed by atoms with E-state index in [1.165, 1.54) is 0 Å². The maximum absolute atomic E-state index is 5.41. The van der Waals surface area contributed by atoms with Gasteiger partial charge in [-0.25, -0.2) is 0 Å². The van der Waals surface area contributed by atoms with Gasteiger partial charge in [-0.2, -0.15) is 0 Å². The molecule has 0 rings (SSSR count). The normalized spacial score (nSPS) is 11.8. The molecule has 0 fully saturated rings. The molecule has 0 spiro atoms. The van der Waals surface area contributed by atoms with Gasteiger partial charge in [-0.3, -0.25) is 0 Å². The summed E-state index contributed by atoms with van der Waals surface area (Å²) >= 11 is 0. The van der Waals surface area contributed by atoms with Gasteiger partial charge in [0.15, 0.2) is 0 Å². The highest BCUT2D eigenvalue weighted by molar-refractivity contribution is 6.09. The van der Waals surface area contributed by atoms with Gasteiger partial charge in [0.05, 0.1) is 7.85 Å². The fourth-order valence-corrected chi connectivity index (χ4v) is 0. The van der Waals surface area contributed by atoms with Crippen molar-refractivity contribution >= 4 is 7.85 Å². The molecule has 1 nitrogen and oxygen atoms in total. The molecule has 0 atom stereocenters. The van der Waals surface area contributed by atoms with Crippen molar-refractivity contribution in [3.05, 3.63) is 0 Å². The van der Waals surface area contributed by atoms with Crippen molar-refractivity contribution < 1.29 is 0 Å². The summed E-state index contributed by atoms with van der Waals surface area (Å²) in [6, 6.07) is 0. The number of hydrogen-bond acceptors (Lipinski definition) is 1. The monoisotopic (exact) mass is 83.1 g/mol. The third-order valence-corrected chi connectivity index (χ3v) is 0.526. The molecule has 0 aromatic rings. The smallest absolute Gasteiger partial charge is 0.0677 e. The molecule has 0 unspecified atom stereocenters. The SMILES string of the molecule is [B]CC(C)(C)N. The number of rotatable bonds is 1. The zero-order valence-electron chi connectivity index (χ0n) is 4.36. The molecule has 0 aromatic carbocycles. The fraction of sp³-hybridized carbons (Fsp3) is 1.00. The lowest BCUT2D eigenvalue weighted by molar-refractivity contribution is 0.579. The zero-order valence-corrected chi connectivity index (χ0v) is 4.36. The first-order valence-corrected chi connectivity index (χ1v) is 2.05. The molecular weight excluding hydrogens is 72.9 g/mol. The largest absolute Gasteiger partial charge is 0.326 e. The molecule has 0 bridgehead atoms. The lowest BCUT2D eigenvalue weighted by atomic mass is 9.88. The molecule has 0 aromatic heterocycles. The van der Waals surface area contributed by atoms with Crippen molar-refractivity contribution in [3.8, 4) is 0 Å². The van der Waals surface area contributed by atoms with Crippen LogP contribution in [0.15, 0.2) is 0 Å². The molecule has 2 heteroatoms. The quantitative estimate of drug-likeness (QED) is 0.453. The van der Waals surface area contributed by atoms with Gasteiger partial charge in [0.25, 0.3) is 0 Å². The van der Waals surface area contributed by atoms with Crippen LogP contribution in [0, 0.1) is 0 Å². The summed E-state index contributed by atoms with van der Waals surface area (Å²) in [5.74, 6) is 0. The third kappa shape index (κ3) is 4.02. The second-order valence-electron chi connectivity index (χ2n) is 2.19. The van der Waals surface area contributed by atoms with Crippen LogP contribution in [-0.2, 0) is 0 Å². The predicted molar refractivity (Wildman–Crippen MR) is 28.8 cm³/mol. The second kappa shape index (κ2) is 1.65. The van der Waals surface area contributed by atoms with Crippen molar-refractivity contribution in [2.75, 3.05) is 0 Å². The van der Waals surface area contributed by atoms with E-state index in [2.05, 4.69) is 0 Å². The highest BCUT2D eigenvalue weighted by atomic mass is 14.7. The molecule has 34 valence electrons. The zero-order chi connectivity index (χ0) is 5.21. The molecular formula is C4H10BN. The molecule has 0 saturated carbocycles. The number of nitrogens with two attached hydrogens (primary N) is 1. The standard InChI is InChI=1S/C4H10BN/c1-4(2,6)3-5/h3,6H2,1-2H3. The van der Waals surface area contributed by atoms with E-state index in [4.69, 9.17) is 13.6 Å². The van der Waals surface area contributed by atoms with Crippen LogP contribution < -0.4 is 5.73 Å². The van der Waals surface area contributed by atoms with Gasteiger partial charge in [0, 0.05) is 5.54 Å². The molecule has 6 heavy (non-hydrogen) atoms. The minimum absolute atomic E-state index is 0.181. The van der Waals surface area contributed by atoms with E-state index in [0.717, 1.165) is 0 Å². The molecule has 0 aliphatic carbocycles. The average Bonchev–Trinajstić information content (AvgIpc) is 1.35. The Morgan fingerprint density at radius 2 is 1.83 bits per heavy atom. The highest BCUT2D eigenvalue weighted by Crippen LogP contribution is 1.97. The van der Waals surface area contributed by atoms with Crippen LogP contribution in [-0.4, -0.2) is 13.4 Å². The molecule has 0 aliphatic rings. The van der Waals surface area contributed by atoms with E-state index in [9.17, 15) is 0 Å². The van der Waals surface area contributed by atoms with Gasteiger partial charge in [-0.15, -0.1) is 0 Å². The van der Waals surface area contributed by atoms with E-state index in [-0.39, 0.29) is 5.54 Å². The van der Waals surface area contributed by atoms with E-state index in [0.29, 0.717) is 6.32 Å². The minimum Gasteiger partial charge on any atom is -0.326 e. The number of hydrogen-bond donors (Lipinski definition) is 1. The van der Waals surface area contributed by atoms with E-state index < -0.39 is 0 Å². The third-order valence-electron chi connectivity index (χ3n) is 0.526. The minimum atomic E-state index is -0.181. The molecule has 0 amide bonds. The summed E-state index contributed by atoms with van der Waals surface area (Å²) in [4.78, 5) is 0. The van der Waals surface area contributed by atoms with E-state index >= 15 is 0 Å². The Bertz CT molecular complexity index is 37.3. The summed E-state index contributed by atoms with van der Waals surface area (Å²) in [7, 11) is 5.18. The van der Waals surface area contributed by atoms with Gasteiger partial charge in [0.1, 0.15) is 0 Å². The van der Waals surface area contributed by atoms with Crippen molar-refractivity contribution in [2.24, 2.45) is 5.73 Å². The molecule has 0 saturated heterocycles. The highest BCUT2D eigenvalue weighted by Gasteiger charge is 2.03. The van der Waals surface area contributed by atoms with Gasteiger partial charge in [-0.05, 0) is 13.8 Å². The van der Waals surface area contributed by atoms with Gasteiger partial charge < -0.3 is 5.73 Å². The predicted octanol–water partition coefficient (Wildman–Crippen LogP) is 0.311. The summed E-state index contributed by atoms with van der Waals surface area (Å²) < 4.78 is 0. The summed E-state index contributed by atoms with van der Waals surface area (Å²) in [6.07, 6.45) is 0.549. The van der Waals surface area contributed by atoms with Crippen molar-refractivity contribution in [1.82, 2.24) is 0 Å². The Morgan fingerprint density at radius 3 is 1.83 bits per heavy atom. The fourth-order valence-electron chi connectivity index (χ4n) is 0. The van der Waals surface area contributed by atoms with Crippen LogP contribution in [0.1, 0.15) is 13.8 Å². The first-order chi connectivity index (χ1) is 2.56. The first-order valence-electron chi connectivity index (χ1n) is 2.05. The first kappa shape index (κ1) is 6.02. The van der Waals surface area contributed by atoms with Crippen LogP contribution in [0.3, 0.4) is 0 Å². The van der Waals surface area contributed by atoms with Gasteiger partial charge >= 0.3 is 0 Å². The Morgan fingerprint density at radius 1 is 1.67 bits per heavy atom. The Hall–Kier alpha value is 0.0249.